The first kappa shape index (κ1) is 16.3. The molecule has 4 heteroatoms. The summed E-state index contributed by atoms with van der Waals surface area (Å²) in [5.41, 5.74) is 5.77. The number of amides is 1. The Morgan fingerprint density at radius 2 is 1.92 bits per heavy atom. The number of aryl methyl sites for hydroxylation is 2. The number of benzene rings is 2. The molecule has 0 saturated carbocycles. The number of para-hydroxylation sites is 1. The van der Waals surface area contributed by atoms with E-state index in [1.807, 2.05) is 41.3 Å². The van der Waals surface area contributed by atoms with E-state index in [9.17, 15) is 4.79 Å². The predicted octanol–water partition coefficient (Wildman–Crippen LogP) is 4.73. The van der Waals surface area contributed by atoms with Gasteiger partial charge in [0.15, 0.2) is 0 Å². The average molecular weight is 343 g/mol. The minimum absolute atomic E-state index is 0.0424. The van der Waals surface area contributed by atoms with Crippen molar-refractivity contribution in [3.8, 4) is 0 Å². The summed E-state index contributed by atoms with van der Waals surface area (Å²) in [7, 11) is 0. The maximum absolute atomic E-state index is 12.9. The van der Waals surface area contributed by atoms with Crippen LogP contribution in [-0.2, 0) is 6.42 Å². The maximum Gasteiger partial charge on any atom is 0.276 e. The molecule has 130 valence electrons. The monoisotopic (exact) mass is 343 g/mol. The lowest BCUT2D eigenvalue weighted by Gasteiger charge is -2.29. The van der Waals surface area contributed by atoms with E-state index in [0.29, 0.717) is 5.69 Å². The number of aromatic nitrogens is 1. The summed E-state index contributed by atoms with van der Waals surface area (Å²) in [6.45, 7) is 2.79. The Balaban J connectivity index is 1.53. The van der Waals surface area contributed by atoms with Crippen molar-refractivity contribution in [3.63, 3.8) is 0 Å². The van der Waals surface area contributed by atoms with Crippen LogP contribution in [0.1, 0.15) is 28.0 Å². The molecule has 1 aromatic heterocycles. The third-order valence-corrected chi connectivity index (χ3v) is 4.64. The largest absolute Gasteiger partial charge is 0.354 e. The normalized spacial score (nSPS) is 13.2. The molecule has 2 heterocycles. The summed E-state index contributed by atoms with van der Waals surface area (Å²) in [6, 6.07) is 20.0. The van der Waals surface area contributed by atoms with Crippen molar-refractivity contribution in [1.82, 2.24) is 4.98 Å². The number of carbonyl (C=O) groups excluding carboxylic acids is 1. The maximum atomic E-state index is 12.9. The van der Waals surface area contributed by atoms with Crippen LogP contribution >= 0.6 is 0 Å². The number of anilines is 3. The average Bonchev–Trinajstić information content (AvgIpc) is 2.68. The van der Waals surface area contributed by atoms with Gasteiger partial charge in [-0.15, -0.1) is 0 Å². The standard InChI is InChI=1S/C22H21N3O/c1-16-6-4-9-18(14-16)24-19-11-12-20(23-15-19)22(26)25-13-5-8-17-7-2-3-10-21(17)25/h2-4,6-7,9-12,14-15,24H,5,8,13H2,1H3. The van der Waals surface area contributed by atoms with Crippen molar-refractivity contribution in [2.75, 3.05) is 16.8 Å². The number of fused-ring (bicyclic) bond motifs is 1. The lowest BCUT2D eigenvalue weighted by molar-refractivity contribution is 0.0980. The van der Waals surface area contributed by atoms with Gasteiger partial charge in [-0.25, -0.2) is 4.98 Å². The molecule has 0 fully saturated rings. The second kappa shape index (κ2) is 7.00. The quantitative estimate of drug-likeness (QED) is 0.748. The smallest absolute Gasteiger partial charge is 0.276 e. The highest BCUT2D eigenvalue weighted by atomic mass is 16.2. The molecule has 0 spiro atoms. The summed E-state index contributed by atoms with van der Waals surface area (Å²) in [5, 5.41) is 3.32. The van der Waals surface area contributed by atoms with Crippen LogP contribution in [0.5, 0.6) is 0 Å². The molecule has 0 radical (unpaired) electrons. The predicted molar refractivity (Wildman–Crippen MR) is 105 cm³/mol. The van der Waals surface area contributed by atoms with Crippen molar-refractivity contribution in [2.24, 2.45) is 0 Å². The van der Waals surface area contributed by atoms with Crippen molar-refractivity contribution < 1.29 is 4.79 Å². The third kappa shape index (κ3) is 3.31. The first-order valence-electron chi connectivity index (χ1n) is 8.90. The van der Waals surface area contributed by atoms with E-state index in [1.165, 1.54) is 11.1 Å². The van der Waals surface area contributed by atoms with Crippen LogP contribution in [0.3, 0.4) is 0 Å². The van der Waals surface area contributed by atoms with Gasteiger partial charge >= 0.3 is 0 Å². The number of hydrogen-bond donors (Lipinski definition) is 1. The summed E-state index contributed by atoms with van der Waals surface area (Å²) in [4.78, 5) is 19.2. The van der Waals surface area contributed by atoms with E-state index in [-0.39, 0.29) is 5.91 Å². The second-order valence-electron chi connectivity index (χ2n) is 6.62. The summed E-state index contributed by atoms with van der Waals surface area (Å²) < 4.78 is 0. The van der Waals surface area contributed by atoms with Gasteiger partial charge in [0.1, 0.15) is 5.69 Å². The molecule has 0 unspecified atom stereocenters. The number of nitrogens with zero attached hydrogens (tertiary/aromatic N) is 2. The molecule has 0 aliphatic carbocycles. The molecule has 4 rings (SSSR count). The topological polar surface area (TPSA) is 45.2 Å². The molecule has 1 aliphatic rings. The number of rotatable bonds is 3. The Bertz CT molecular complexity index is 934. The SMILES string of the molecule is Cc1cccc(Nc2ccc(C(=O)N3CCCc4ccccc43)nc2)c1. The Kier molecular flexibility index (Phi) is 4.40. The number of carbonyl (C=O) groups is 1. The van der Waals surface area contributed by atoms with Gasteiger partial charge in [0.05, 0.1) is 11.9 Å². The van der Waals surface area contributed by atoms with Crippen molar-refractivity contribution >= 4 is 23.0 Å². The van der Waals surface area contributed by atoms with Crippen molar-refractivity contribution in [2.45, 2.75) is 19.8 Å². The molecule has 1 amide bonds. The van der Waals surface area contributed by atoms with Crippen LogP contribution in [0.2, 0.25) is 0 Å². The summed E-state index contributed by atoms with van der Waals surface area (Å²) in [5.74, 6) is -0.0424. The van der Waals surface area contributed by atoms with Gasteiger partial charge in [-0.3, -0.25) is 4.79 Å². The molecule has 0 atom stereocenters. The fourth-order valence-electron chi connectivity index (χ4n) is 3.37. The van der Waals surface area contributed by atoms with E-state index in [4.69, 9.17) is 0 Å². The molecule has 1 N–H and O–H groups in total. The lowest BCUT2D eigenvalue weighted by Crippen LogP contribution is -2.35. The van der Waals surface area contributed by atoms with Gasteiger partial charge < -0.3 is 10.2 Å². The van der Waals surface area contributed by atoms with E-state index in [1.54, 1.807) is 12.3 Å². The zero-order valence-electron chi connectivity index (χ0n) is 14.8. The van der Waals surface area contributed by atoms with Gasteiger partial charge in [0, 0.05) is 17.9 Å². The van der Waals surface area contributed by atoms with Crippen LogP contribution in [-0.4, -0.2) is 17.4 Å². The van der Waals surface area contributed by atoms with E-state index in [0.717, 1.165) is 36.4 Å². The zero-order chi connectivity index (χ0) is 17.9. The minimum Gasteiger partial charge on any atom is -0.354 e. The summed E-state index contributed by atoms with van der Waals surface area (Å²) in [6.07, 6.45) is 3.72. The molecule has 1 aliphatic heterocycles. The Hall–Kier alpha value is -3.14. The van der Waals surface area contributed by atoms with Crippen LogP contribution in [0.15, 0.2) is 66.9 Å². The van der Waals surface area contributed by atoms with Gasteiger partial charge in [-0.05, 0) is 61.2 Å². The fourth-order valence-corrected chi connectivity index (χ4v) is 3.37. The second-order valence-corrected chi connectivity index (χ2v) is 6.62. The molecule has 0 saturated heterocycles. The molecule has 26 heavy (non-hydrogen) atoms. The van der Waals surface area contributed by atoms with Crippen molar-refractivity contribution in [3.05, 3.63) is 83.7 Å². The third-order valence-electron chi connectivity index (χ3n) is 4.64. The molecular weight excluding hydrogens is 322 g/mol. The first-order chi connectivity index (χ1) is 12.7. The van der Waals surface area contributed by atoms with Crippen LogP contribution in [0.25, 0.3) is 0 Å². The van der Waals surface area contributed by atoms with Gasteiger partial charge in [-0.1, -0.05) is 30.3 Å². The molecule has 4 nitrogen and oxygen atoms in total. The Morgan fingerprint density at radius 3 is 2.73 bits per heavy atom. The number of nitrogens with one attached hydrogen (secondary N) is 1. The van der Waals surface area contributed by atoms with Crippen molar-refractivity contribution in [1.29, 1.82) is 0 Å². The Labute approximate surface area is 153 Å². The first-order valence-corrected chi connectivity index (χ1v) is 8.90. The van der Waals surface area contributed by atoms with Crippen LogP contribution < -0.4 is 10.2 Å². The van der Waals surface area contributed by atoms with E-state index in [2.05, 4.69) is 35.4 Å². The zero-order valence-corrected chi connectivity index (χ0v) is 14.8. The number of hydrogen-bond acceptors (Lipinski definition) is 3. The highest BCUT2D eigenvalue weighted by Crippen LogP contribution is 2.28. The lowest BCUT2D eigenvalue weighted by atomic mass is 10.0. The molecule has 0 bridgehead atoms. The highest BCUT2D eigenvalue weighted by Gasteiger charge is 2.23. The van der Waals surface area contributed by atoms with Gasteiger partial charge in [0.25, 0.3) is 5.91 Å². The summed E-state index contributed by atoms with van der Waals surface area (Å²) >= 11 is 0. The van der Waals surface area contributed by atoms with Gasteiger partial charge in [0.2, 0.25) is 0 Å². The fraction of sp³-hybridized carbons (Fsp3) is 0.182. The van der Waals surface area contributed by atoms with E-state index >= 15 is 0 Å². The highest BCUT2D eigenvalue weighted by molar-refractivity contribution is 6.05. The molecule has 2 aromatic carbocycles. The minimum atomic E-state index is -0.0424. The number of pyridine rings is 1. The molecular formula is C22H21N3O. The molecule has 3 aromatic rings. The van der Waals surface area contributed by atoms with Gasteiger partial charge in [-0.2, -0.15) is 0 Å². The van der Waals surface area contributed by atoms with Crippen LogP contribution in [0, 0.1) is 6.92 Å². The Morgan fingerprint density at radius 1 is 1.04 bits per heavy atom. The van der Waals surface area contributed by atoms with Crippen LogP contribution in [0.4, 0.5) is 17.1 Å². The van der Waals surface area contributed by atoms with E-state index < -0.39 is 0 Å².